The van der Waals surface area contributed by atoms with Crippen LogP contribution in [0, 0.1) is 0 Å². The van der Waals surface area contributed by atoms with Gasteiger partial charge in [0.25, 0.3) is 0 Å². The summed E-state index contributed by atoms with van der Waals surface area (Å²) in [5.74, 6) is -1.13. The monoisotopic (exact) mass is 317 g/mol. The minimum atomic E-state index is -1.13. The summed E-state index contributed by atoms with van der Waals surface area (Å²) >= 11 is 0. The molecule has 4 rings (SSSR count). The molecule has 0 aliphatic heterocycles. The van der Waals surface area contributed by atoms with Crippen LogP contribution in [0.5, 0.6) is 0 Å². The third-order valence-corrected chi connectivity index (χ3v) is 3.72. The molecule has 0 radical (unpaired) electrons. The zero-order chi connectivity index (χ0) is 16.5. The predicted octanol–water partition coefficient (Wildman–Crippen LogP) is 3.65. The fourth-order valence-electron chi connectivity index (χ4n) is 2.67. The van der Waals surface area contributed by atoms with Crippen LogP contribution in [0.4, 0.5) is 0 Å². The SMILES string of the molecule is O=C(O)c1nc(-c2ccccc2)c2nonc2c1-c1ccccc1. The van der Waals surface area contributed by atoms with Crippen LogP contribution in [0.3, 0.4) is 0 Å². The van der Waals surface area contributed by atoms with Crippen molar-refractivity contribution in [1.82, 2.24) is 15.3 Å². The summed E-state index contributed by atoms with van der Waals surface area (Å²) in [5.41, 5.74) is 3.02. The van der Waals surface area contributed by atoms with Gasteiger partial charge in [-0.3, -0.25) is 0 Å². The lowest BCUT2D eigenvalue weighted by molar-refractivity contribution is 0.0691. The number of hydrogen-bond acceptors (Lipinski definition) is 5. The molecule has 116 valence electrons. The normalized spacial score (nSPS) is 10.8. The van der Waals surface area contributed by atoms with Crippen LogP contribution in [0.1, 0.15) is 10.5 Å². The first-order valence-electron chi connectivity index (χ1n) is 7.26. The summed E-state index contributed by atoms with van der Waals surface area (Å²) in [6, 6.07) is 18.4. The molecular weight excluding hydrogens is 306 g/mol. The van der Waals surface area contributed by atoms with E-state index in [0.717, 1.165) is 5.56 Å². The lowest BCUT2D eigenvalue weighted by Crippen LogP contribution is -2.06. The van der Waals surface area contributed by atoms with Gasteiger partial charge in [0.05, 0.1) is 0 Å². The van der Waals surface area contributed by atoms with E-state index in [-0.39, 0.29) is 5.69 Å². The van der Waals surface area contributed by atoms with Gasteiger partial charge >= 0.3 is 5.97 Å². The van der Waals surface area contributed by atoms with Gasteiger partial charge < -0.3 is 5.11 Å². The zero-order valence-electron chi connectivity index (χ0n) is 12.4. The smallest absolute Gasteiger partial charge is 0.355 e. The van der Waals surface area contributed by atoms with E-state index in [0.29, 0.717) is 27.9 Å². The Balaban J connectivity index is 2.10. The van der Waals surface area contributed by atoms with Gasteiger partial charge in [0.15, 0.2) is 11.2 Å². The van der Waals surface area contributed by atoms with Crippen LogP contribution < -0.4 is 0 Å². The van der Waals surface area contributed by atoms with E-state index >= 15 is 0 Å². The van der Waals surface area contributed by atoms with Crippen LogP contribution >= 0.6 is 0 Å². The molecule has 2 aromatic heterocycles. The molecule has 0 bridgehead atoms. The topological polar surface area (TPSA) is 89.1 Å². The van der Waals surface area contributed by atoms with Gasteiger partial charge in [-0.25, -0.2) is 14.4 Å². The van der Waals surface area contributed by atoms with E-state index in [1.54, 1.807) is 12.1 Å². The van der Waals surface area contributed by atoms with Gasteiger partial charge in [-0.2, -0.15) is 0 Å². The molecule has 1 N–H and O–H groups in total. The summed E-state index contributed by atoms with van der Waals surface area (Å²) in [4.78, 5) is 16.2. The molecule has 0 fully saturated rings. The van der Waals surface area contributed by atoms with Crippen molar-refractivity contribution in [3.63, 3.8) is 0 Å². The second kappa shape index (κ2) is 5.58. The Labute approximate surface area is 136 Å². The highest BCUT2D eigenvalue weighted by molar-refractivity contribution is 6.07. The summed E-state index contributed by atoms with van der Waals surface area (Å²) in [7, 11) is 0. The Bertz CT molecular complexity index is 1030. The number of aromatic nitrogens is 3. The van der Waals surface area contributed by atoms with Gasteiger partial charge in [-0.1, -0.05) is 60.7 Å². The van der Waals surface area contributed by atoms with Crippen LogP contribution in [0.2, 0.25) is 0 Å². The number of nitrogens with zero attached hydrogens (tertiary/aromatic N) is 3. The molecule has 0 unspecified atom stereocenters. The van der Waals surface area contributed by atoms with E-state index < -0.39 is 5.97 Å². The second-order valence-corrected chi connectivity index (χ2v) is 5.18. The fourth-order valence-corrected chi connectivity index (χ4v) is 2.67. The molecule has 6 heteroatoms. The Morgan fingerprint density at radius 3 is 2.04 bits per heavy atom. The highest BCUT2D eigenvalue weighted by Crippen LogP contribution is 2.34. The van der Waals surface area contributed by atoms with Gasteiger partial charge in [-0.15, -0.1) is 0 Å². The van der Waals surface area contributed by atoms with Crippen molar-refractivity contribution in [2.45, 2.75) is 0 Å². The average molecular weight is 317 g/mol. The lowest BCUT2D eigenvalue weighted by atomic mass is 9.99. The molecule has 0 spiro atoms. The molecule has 2 aromatic carbocycles. The molecule has 0 saturated heterocycles. The largest absolute Gasteiger partial charge is 0.476 e. The van der Waals surface area contributed by atoms with E-state index in [2.05, 4.69) is 15.3 Å². The van der Waals surface area contributed by atoms with Crippen molar-refractivity contribution in [3.8, 4) is 22.4 Å². The number of carboxylic acid groups (broad SMARTS) is 1. The van der Waals surface area contributed by atoms with Crippen molar-refractivity contribution >= 4 is 17.0 Å². The van der Waals surface area contributed by atoms with Crippen molar-refractivity contribution in [2.24, 2.45) is 0 Å². The maximum Gasteiger partial charge on any atom is 0.355 e. The fraction of sp³-hybridized carbons (Fsp3) is 0. The quantitative estimate of drug-likeness (QED) is 0.620. The number of rotatable bonds is 3. The van der Waals surface area contributed by atoms with Gasteiger partial charge in [0.1, 0.15) is 11.2 Å². The Morgan fingerprint density at radius 2 is 1.42 bits per heavy atom. The lowest BCUT2D eigenvalue weighted by Gasteiger charge is -2.09. The van der Waals surface area contributed by atoms with Gasteiger partial charge in [0.2, 0.25) is 0 Å². The molecule has 0 aliphatic rings. The zero-order valence-corrected chi connectivity index (χ0v) is 12.4. The standard InChI is InChI=1S/C18H11N3O3/c22-18(23)16-13(11-7-3-1-4-8-11)15-17(21-24-20-15)14(19-16)12-9-5-2-6-10-12/h1-10H,(H,22,23). The minimum absolute atomic E-state index is 0.0803. The molecule has 6 nitrogen and oxygen atoms in total. The summed E-state index contributed by atoms with van der Waals surface area (Å²) in [5, 5.41) is 17.5. The van der Waals surface area contributed by atoms with Gasteiger partial charge in [-0.05, 0) is 15.9 Å². The second-order valence-electron chi connectivity index (χ2n) is 5.18. The maximum atomic E-state index is 11.8. The molecule has 2 heterocycles. The van der Waals surface area contributed by atoms with E-state index in [1.165, 1.54) is 0 Å². The Hall–Kier alpha value is -3.54. The maximum absolute atomic E-state index is 11.8. The molecular formula is C18H11N3O3. The van der Waals surface area contributed by atoms with Gasteiger partial charge in [0, 0.05) is 11.1 Å². The number of hydrogen-bond donors (Lipinski definition) is 1. The minimum Gasteiger partial charge on any atom is -0.476 e. The summed E-state index contributed by atoms with van der Waals surface area (Å²) in [6.07, 6.45) is 0. The molecule has 0 amide bonds. The third kappa shape index (κ3) is 2.21. The van der Waals surface area contributed by atoms with Crippen LogP contribution in [-0.2, 0) is 0 Å². The van der Waals surface area contributed by atoms with Crippen molar-refractivity contribution in [3.05, 3.63) is 66.4 Å². The Kier molecular flexibility index (Phi) is 3.28. The first kappa shape index (κ1) is 14.1. The highest BCUT2D eigenvalue weighted by atomic mass is 16.6. The molecule has 24 heavy (non-hydrogen) atoms. The Morgan fingerprint density at radius 1 is 0.833 bits per heavy atom. The van der Waals surface area contributed by atoms with E-state index in [1.807, 2.05) is 48.5 Å². The van der Waals surface area contributed by atoms with Crippen molar-refractivity contribution in [1.29, 1.82) is 0 Å². The summed E-state index contributed by atoms with van der Waals surface area (Å²) < 4.78 is 4.89. The van der Waals surface area contributed by atoms with E-state index in [4.69, 9.17) is 4.63 Å². The predicted molar refractivity (Wildman–Crippen MR) is 87.4 cm³/mol. The molecule has 0 atom stereocenters. The van der Waals surface area contributed by atoms with Crippen LogP contribution in [0.25, 0.3) is 33.4 Å². The number of aromatic carboxylic acids is 1. The highest BCUT2D eigenvalue weighted by Gasteiger charge is 2.24. The first-order valence-corrected chi connectivity index (χ1v) is 7.26. The molecule has 0 saturated carbocycles. The summed E-state index contributed by atoms with van der Waals surface area (Å²) in [6.45, 7) is 0. The van der Waals surface area contributed by atoms with Crippen molar-refractivity contribution in [2.75, 3.05) is 0 Å². The number of fused-ring (bicyclic) bond motifs is 1. The van der Waals surface area contributed by atoms with Crippen LogP contribution in [0.15, 0.2) is 65.3 Å². The number of benzene rings is 2. The van der Waals surface area contributed by atoms with E-state index in [9.17, 15) is 9.90 Å². The number of carbonyl (C=O) groups is 1. The average Bonchev–Trinajstić information content (AvgIpc) is 3.11. The van der Waals surface area contributed by atoms with Crippen molar-refractivity contribution < 1.29 is 14.5 Å². The third-order valence-electron chi connectivity index (χ3n) is 3.72. The number of carboxylic acids is 1. The molecule has 0 aliphatic carbocycles. The van der Waals surface area contributed by atoms with Crippen LogP contribution in [-0.4, -0.2) is 26.4 Å². The first-order chi connectivity index (χ1) is 11.8. The number of pyridine rings is 1. The molecule has 4 aromatic rings.